The lowest BCUT2D eigenvalue weighted by molar-refractivity contribution is -0.122. The highest BCUT2D eigenvalue weighted by molar-refractivity contribution is 8.26. The fraction of sp³-hybridized carbons (Fsp3) is 0.292. The number of benzene rings is 2. The molecule has 0 aromatic heterocycles. The molecule has 1 fully saturated rings. The Balaban J connectivity index is 1.47. The quantitative estimate of drug-likeness (QED) is 0.296. The zero-order valence-electron chi connectivity index (χ0n) is 18.1. The van der Waals surface area contributed by atoms with Crippen molar-refractivity contribution in [2.75, 3.05) is 26.1 Å². The van der Waals surface area contributed by atoms with Gasteiger partial charge >= 0.3 is 0 Å². The number of para-hydroxylation sites is 1. The second kappa shape index (κ2) is 11.7. The maximum absolute atomic E-state index is 12.8. The summed E-state index contributed by atoms with van der Waals surface area (Å²) in [5, 5.41) is 2.88. The highest BCUT2D eigenvalue weighted by Crippen LogP contribution is 2.34. The van der Waals surface area contributed by atoms with E-state index in [9.17, 15) is 9.59 Å². The van der Waals surface area contributed by atoms with Crippen LogP contribution in [0.5, 0.6) is 11.5 Å². The van der Waals surface area contributed by atoms with Crippen molar-refractivity contribution in [1.82, 2.24) is 4.90 Å². The Morgan fingerprint density at radius 1 is 1.06 bits per heavy atom. The Bertz CT molecular complexity index is 1010. The van der Waals surface area contributed by atoms with Gasteiger partial charge in [-0.05, 0) is 48.7 Å². The smallest absolute Gasteiger partial charge is 0.266 e. The lowest BCUT2D eigenvalue weighted by Crippen LogP contribution is -2.29. The molecule has 1 heterocycles. The summed E-state index contributed by atoms with van der Waals surface area (Å²) < 4.78 is 11.1. The molecule has 32 heavy (non-hydrogen) atoms. The molecular weight excluding hydrogens is 444 g/mol. The van der Waals surface area contributed by atoms with E-state index in [4.69, 9.17) is 21.7 Å². The summed E-state index contributed by atoms with van der Waals surface area (Å²) in [7, 11) is 3.16. The van der Waals surface area contributed by atoms with Gasteiger partial charge in [0, 0.05) is 18.7 Å². The minimum absolute atomic E-state index is 0.000311. The molecule has 0 bridgehead atoms. The first-order chi connectivity index (χ1) is 15.5. The zero-order chi connectivity index (χ0) is 22.9. The van der Waals surface area contributed by atoms with Gasteiger partial charge in [0.1, 0.15) is 4.32 Å². The average Bonchev–Trinajstić information content (AvgIpc) is 3.06. The van der Waals surface area contributed by atoms with Crippen LogP contribution in [-0.4, -0.2) is 41.8 Å². The summed E-state index contributed by atoms with van der Waals surface area (Å²) in [6, 6.07) is 14.9. The maximum Gasteiger partial charge on any atom is 0.266 e. The van der Waals surface area contributed by atoms with Crippen LogP contribution in [0.1, 0.15) is 31.2 Å². The van der Waals surface area contributed by atoms with Crippen LogP contribution in [0.4, 0.5) is 5.69 Å². The number of unbranched alkanes of at least 4 members (excludes halogenated alkanes) is 2. The highest BCUT2D eigenvalue weighted by Gasteiger charge is 2.31. The molecule has 1 saturated heterocycles. The molecular formula is C24H26N2O4S2. The Morgan fingerprint density at radius 3 is 2.53 bits per heavy atom. The van der Waals surface area contributed by atoms with Gasteiger partial charge in [-0.1, -0.05) is 54.7 Å². The molecule has 6 nitrogen and oxygen atoms in total. The zero-order valence-corrected chi connectivity index (χ0v) is 19.8. The van der Waals surface area contributed by atoms with Crippen molar-refractivity contribution in [3.05, 3.63) is 59.0 Å². The van der Waals surface area contributed by atoms with Gasteiger partial charge in [-0.15, -0.1) is 0 Å². The van der Waals surface area contributed by atoms with E-state index >= 15 is 0 Å². The number of thiocarbonyl (C=S) groups is 1. The number of rotatable bonds is 10. The lowest BCUT2D eigenvalue weighted by Gasteiger charge is -2.14. The van der Waals surface area contributed by atoms with E-state index < -0.39 is 0 Å². The van der Waals surface area contributed by atoms with E-state index in [2.05, 4.69) is 5.32 Å². The summed E-state index contributed by atoms with van der Waals surface area (Å²) in [6.07, 6.45) is 4.65. The van der Waals surface area contributed by atoms with Crippen molar-refractivity contribution in [1.29, 1.82) is 0 Å². The minimum atomic E-state index is -0.0865. The summed E-state index contributed by atoms with van der Waals surface area (Å²) in [5.74, 6) is 1.15. The van der Waals surface area contributed by atoms with Crippen molar-refractivity contribution in [2.24, 2.45) is 0 Å². The van der Waals surface area contributed by atoms with Crippen molar-refractivity contribution in [2.45, 2.75) is 25.7 Å². The monoisotopic (exact) mass is 470 g/mol. The number of hydrogen-bond acceptors (Lipinski definition) is 6. The van der Waals surface area contributed by atoms with Gasteiger partial charge < -0.3 is 14.8 Å². The minimum Gasteiger partial charge on any atom is -0.493 e. The van der Waals surface area contributed by atoms with E-state index in [-0.39, 0.29) is 11.8 Å². The number of thioether (sulfide) groups is 1. The number of amides is 2. The summed E-state index contributed by atoms with van der Waals surface area (Å²) in [6.45, 7) is 0.550. The largest absolute Gasteiger partial charge is 0.493 e. The predicted octanol–water partition coefficient (Wildman–Crippen LogP) is 5.10. The van der Waals surface area contributed by atoms with Gasteiger partial charge in [0.15, 0.2) is 11.5 Å². The van der Waals surface area contributed by atoms with Crippen LogP contribution in [0.25, 0.3) is 6.08 Å². The molecule has 0 unspecified atom stereocenters. The summed E-state index contributed by atoms with van der Waals surface area (Å²) >= 11 is 6.71. The van der Waals surface area contributed by atoms with E-state index in [0.29, 0.717) is 33.7 Å². The molecule has 168 valence electrons. The van der Waals surface area contributed by atoms with Crippen molar-refractivity contribution >= 4 is 51.9 Å². The Labute approximate surface area is 198 Å². The topological polar surface area (TPSA) is 67.9 Å². The number of hydrogen-bond donors (Lipinski definition) is 1. The van der Waals surface area contributed by atoms with Crippen LogP contribution in [0, 0.1) is 0 Å². The first-order valence-corrected chi connectivity index (χ1v) is 11.6. The fourth-order valence-electron chi connectivity index (χ4n) is 3.26. The normalized spacial score (nSPS) is 14.7. The van der Waals surface area contributed by atoms with Gasteiger partial charge in [0.2, 0.25) is 5.91 Å². The number of carbonyl (C=O) groups is 2. The molecule has 3 rings (SSSR count). The molecule has 0 aliphatic carbocycles. The third kappa shape index (κ3) is 6.34. The number of anilines is 1. The van der Waals surface area contributed by atoms with Crippen LogP contribution in [0.3, 0.4) is 0 Å². The average molecular weight is 471 g/mol. The Kier molecular flexibility index (Phi) is 8.70. The molecule has 1 aliphatic heterocycles. The first-order valence-electron chi connectivity index (χ1n) is 10.3. The summed E-state index contributed by atoms with van der Waals surface area (Å²) in [5.41, 5.74) is 1.64. The van der Waals surface area contributed by atoms with Crippen molar-refractivity contribution in [3.8, 4) is 11.5 Å². The maximum atomic E-state index is 12.8. The van der Waals surface area contributed by atoms with Gasteiger partial charge in [0.25, 0.3) is 5.91 Å². The summed E-state index contributed by atoms with van der Waals surface area (Å²) in [4.78, 5) is 27.0. The van der Waals surface area contributed by atoms with Gasteiger partial charge in [-0.25, -0.2) is 0 Å². The SMILES string of the molecule is COc1ccc(C=C2SC(=S)N(CCCCCC(=O)Nc3ccccc3)C2=O)cc1OC. The van der Waals surface area contributed by atoms with E-state index in [1.165, 1.54) is 11.8 Å². The van der Waals surface area contributed by atoms with Crippen molar-refractivity contribution < 1.29 is 19.1 Å². The molecule has 0 spiro atoms. The molecule has 2 aromatic rings. The van der Waals surface area contributed by atoms with E-state index in [1.54, 1.807) is 25.2 Å². The second-order valence-electron chi connectivity index (χ2n) is 7.17. The Morgan fingerprint density at radius 2 is 1.81 bits per heavy atom. The first kappa shape index (κ1) is 23.8. The van der Waals surface area contributed by atoms with Crippen molar-refractivity contribution in [3.63, 3.8) is 0 Å². The Hall–Kier alpha value is -2.84. The van der Waals surface area contributed by atoms with Gasteiger partial charge in [0.05, 0.1) is 19.1 Å². The van der Waals surface area contributed by atoms with Gasteiger partial charge in [-0.2, -0.15) is 0 Å². The molecule has 1 N–H and O–H groups in total. The standard InChI is InChI=1S/C24H26N2O4S2/c1-29-19-13-12-17(15-20(19)30-2)16-21-23(28)26(24(31)32-21)14-8-4-7-11-22(27)25-18-9-5-3-6-10-18/h3,5-6,9-10,12-13,15-16H,4,7-8,11,14H2,1-2H3,(H,25,27). The van der Waals surface area contributed by atoms with Crippen LogP contribution in [0.15, 0.2) is 53.4 Å². The van der Waals surface area contributed by atoms with Crippen LogP contribution in [-0.2, 0) is 9.59 Å². The number of carbonyl (C=O) groups excluding carboxylic acids is 2. The van der Waals surface area contributed by atoms with Crippen LogP contribution in [0.2, 0.25) is 0 Å². The highest BCUT2D eigenvalue weighted by atomic mass is 32.2. The molecule has 8 heteroatoms. The number of ether oxygens (including phenoxy) is 2. The third-order valence-corrected chi connectivity index (χ3v) is 6.30. The molecule has 1 aliphatic rings. The van der Waals surface area contributed by atoms with Crippen LogP contribution >= 0.6 is 24.0 Å². The fourth-order valence-corrected chi connectivity index (χ4v) is 4.57. The predicted molar refractivity (Wildman–Crippen MR) is 133 cm³/mol. The molecule has 2 amide bonds. The van der Waals surface area contributed by atoms with E-state index in [1.807, 2.05) is 48.5 Å². The number of nitrogens with zero attached hydrogens (tertiary/aromatic N) is 1. The molecule has 0 saturated carbocycles. The van der Waals surface area contributed by atoms with Crippen LogP contribution < -0.4 is 14.8 Å². The second-order valence-corrected chi connectivity index (χ2v) is 8.85. The third-order valence-electron chi connectivity index (χ3n) is 4.92. The molecule has 0 atom stereocenters. The number of nitrogens with one attached hydrogen (secondary N) is 1. The number of methoxy groups -OCH3 is 2. The molecule has 0 radical (unpaired) electrons. The van der Waals surface area contributed by atoms with E-state index in [0.717, 1.165) is 30.5 Å². The lowest BCUT2D eigenvalue weighted by atomic mass is 10.1. The molecule has 2 aromatic carbocycles. The van der Waals surface area contributed by atoms with Gasteiger partial charge in [-0.3, -0.25) is 14.5 Å².